The molecule has 0 saturated heterocycles. The maximum absolute atomic E-state index is 11.5. The van der Waals surface area contributed by atoms with E-state index in [0.29, 0.717) is 17.6 Å². The van der Waals surface area contributed by atoms with Crippen LogP contribution >= 0.6 is 11.8 Å². The van der Waals surface area contributed by atoms with Gasteiger partial charge < -0.3 is 9.67 Å². The zero-order chi connectivity index (χ0) is 14.0. The maximum Gasteiger partial charge on any atom is 0.313 e. The normalized spacial score (nSPS) is 18.2. The van der Waals surface area contributed by atoms with Crippen molar-refractivity contribution in [2.45, 2.75) is 42.6 Å². The number of thioether (sulfide) groups is 1. The second kappa shape index (κ2) is 6.04. The van der Waals surface area contributed by atoms with Gasteiger partial charge in [0.25, 0.3) is 0 Å². The number of hydrogen-bond donors (Lipinski definition) is 1. The van der Waals surface area contributed by atoms with Gasteiger partial charge in [0.2, 0.25) is 0 Å². The summed E-state index contributed by atoms with van der Waals surface area (Å²) in [6, 6.07) is 0. The third-order valence-corrected chi connectivity index (χ3v) is 5.25. The van der Waals surface area contributed by atoms with Crippen LogP contribution in [0.25, 0.3) is 0 Å². The van der Waals surface area contributed by atoms with E-state index in [1.165, 1.54) is 11.8 Å². The van der Waals surface area contributed by atoms with Crippen molar-refractivity contribution in [3.05, 3.63) is 5.82 Å². The van der Waals surface area contributed by atoms with Crippen LogP contribution in [0.5, 0.6) is 0 Å². The van der Waals surface area contributed by atoms with Gasteiger partial charge in [-0.1, -0.05) is 11.8 Å². The third-order valence-electron chi connectivity index (χ3n) is 3.02. The summed E-state index contributed by atoms with van der Waals surface area (Å²) < 4.78 is 13.4. The van der Waals surface area contributed by atoms with Gasteiger partial charge in [0, 0.05) is 34.8 Å². The number of carboxylic acid groups (broad SMARTS) is 1. The minimum atomic E-state index is -0.919. The average molecular weight is 303 g/mol. The van der Waals surface area contributed by atoms with E-state index in [9.17, 15) is 9.00 Å². The van der Waals surface area contributed by atoms with E-state index < -0.39 is 16.8 Å². The van der Waals surface area contributed by atoms with Crippen molar-refractivity contribution in [1.29, 1.82) is 0 Å². The first-order valence-corrected chi connectivity index (χ1v) is 8.69. The van der Waals surface area contributed by atoms with Gasteiger partial charge in [0.1, 0.15) is 5.82 Å². The Morgan fingerprint density at radius 1 is 1.58 bits per heavy atom. The predicted molar refractivity (Wildman–Crippen MR) is 73.9 cm³/mol. The molecule has 1 aliphatic carbocycles. The summed E-state index contributed by atoms with van der Waals surface area (Å²) in [5.74, 6) is 0.431. The van der Waals surface area contributed by atoms with Gasteiger partial charge in [-0.2, -0.15) is 0 Å². The summed E-state index contributed by atoms with van der Waals surface area (Å²) in [6.45, 7) is 2.49. The fourth-order valence-corrected chi connectivity index (χ4v) is 2.74. The first kappa shape index (κ1) is 14.5. The van der Waals surface area contributed by atoms with E-state index in [1.807, 2.05) is 11.5 Å². The number of aromatic nitrogens is 3. The second-order valence-electron chi connectivity index (χ2n) is 4.72. The Morgan fingerprint density at radius 2 is 2.26 bits per heavy atom. The molecule has 0 spiro atoms. The number of rotatable bonds is 7. The molecule has 8 heteroatoms. The molecule has 0 bridgehead atoms. The molecule has 2 unspecified atom stereocenters. The highest BCUT2D eigenvalue weighted by Crippen LogP contribution is 2.40. The lowest BCUT2D eigenvalue weighted by molar-refractivity contribution is -0.133. The van der Waals surface area contributed by atoms with Gasteiger partial charge in [-0.15, -0.1) is 10.2 Å². The molecule has 1 N–H and O–H groups in total. The van der Waals surface area contributed by atoms with Gasteiger partial charge in [-0.3, -0.25) is 9.00 Å². The van der Waals surface area contributed by atoms with Crippen molar-refractivity contribution in [3.63, 3.8) is 0 Å². The molecule has 2 atom stereocenters. The van der Waals surface area contributed by atoms with Crippen LogP contribution in [-0.4, -0.2) is 47.3 Å². The Bertz CT molecular complexity index is 499. The van der Waals surface area contributed by atoms with Crippen LogP contribution in [0.4, 0.5) is 0 Å². The molecule has 106 valence electrons. The number of carboxylic acids is 1. The summed E-state index contributed by atoms with van der Waals surface area (Å²) in [4.78, 5) is 10.6. The molecule has 1 saturated carbocycles. The summed E-state index contributed by atoms with van der Waals surface area (Å²) in [7, 11) is -0.919. The van der Waals surface area contributed by atoms with Crippen molar-refractivity contribution in [2.24, 2.45) is 0 Å². The smallest absolute Gasteiger partial charge is 0.313 e. The van der Waals surface area contributed by atoms with Crippen LogP contribution < -0.4 is 0 Å². The van der Waals surface area contributed by atoms with E-state index in [-0.39, 0.29) is 11.0 Å². The fraction of sp³-hybridized carbons (Fsp3) is 0.727. The quantitative estimate of drug-likeness (QED) is 0.759. The molecule has 6 nitrogen and oxygen atoms in total. The summed E-state index contributed by atoms with van der Waals surface area (Å²) in [6.07, 6.45) is 3.88. The van der Waals surface area contributed by atoms with Gasteiger partial charge in [-0.05, 0) is 19.8 Å². The van der Waals surface area contributed by atoms with Crippen LogP contribution in [0.15, 0.2) is 5.16 Å². The van der Waals surface area contributed by atoms with E-state index in [2.05, 4.69) is 10.2 Å². The van der Waals surface area contributed by atoms with Gasteiger partial charge in [-0.25, -0.2) is 0 Å². The minimum absolute atomic E-state index is 0.00215. The number of carbonyl (C=O) groups is 1. The molecule has 0 aromatic carbocycles. The number of hydrogen-bond acceptors (Lipinski definition) is 5. The second-order valence-corrected chi connectivity index (χ2v) is 7.46. The first-order valence-electron chi connectivity index (χ1n) is 6.09. The number of nitrogens with zero attached hydrogens (tertiary/aromatic N) is 3. The Hall–Kier alpha value is -0.890. The Morgan fingerprint density at radius 3 is 2.79 bits per heavy atom. The van der Waals surface area contributed by atoms with Crippen molar-refractivity contribution in [2.75, 3.05) is 12.0 Å². The summed E-state index contributed by atoms with van der Waals surface area (Å²) in [5, 5.41) is 17.6. The van der Waals surface area contributed by atoms with Crippen LogP contribution in [0, 0.1) is 0 Å². The van der Waals surface area contributed by atoms with Crippen molar-refractivity contribution >= 4 is 28.5 Å². The fourth-order valence-electron chi connectivity index (χ4n) is 1.71. The lowest BCUT2D eigenvalue weighted by Gasteiger charge is -2.13. The standard InChI is InChI=1S/C11H17N3O3S2/c1-7(19(2)17)5-14-10(8-3-4-8)12-13-11(14)18-6-9(15)16/h7-8H,3-6H2,1-2H3,(H,15,16). The maximum atomic E-state index is 11.5. The molecule has 1 aliphatic rings. The summed E-state index contributed by atoms with van der Waals surface area (Å²) >= 11 is 1.17. The zero-order valence-corrected chi connectivity index (χ0v) is 12.5. The van der Waals surface area contributed by atoms with Crippen LogP contribution in [0.2, 0.25) is 0 Å². The zero-order valence-electron chi connectivity index (χ0n) is 10.9. The Labute approximate surface area is 118 Å². The highest BCUT2D eigenvalue weighted by atomic mass is 32.2. The van der Waals surface area contributed by atoms with Crippen molar-refractivity contribution < 1.29 is 14.1 Å². The van der Waals surface area contributed by atoms with Crippen LogP contribution in [-0.2, 0) is 22.1 Å². The molecule has 19 heavy (non-hydrogen) atoms. The summed E-state index contributed by atoms with van der Waals surface area (Å²) in [5.41, 5.74) is 0. The SMILES string of the molecule is CC(Cn1c(SCC(=O)O)nnc1C1CC1)S(C)=O. The van der Waals surface area contributed by atoms with E-state index in [4.69, 9.17) is 5.11 Å². The number of aliphatic carboxylic acids is 1. The van der Waals surface area contributed by atoms with Crippen LogP contribution in [0.1, 0.15) is 31.5 Å². The predicted octanol–water partition coefficient (Wildman–Crippen LogP) is 1.10. The molecule has 0 radical (unpaired) electrons. The van der Waals surface area contributed by atoms with E-state index in [0.717, 1.165) is 18.7 Å². The lowest BCUT2D eigenvalue weighted by atomic mass is 10.4. The van der Waals surface area contributed by atoms with Crippen molar-refractivity contribution in [3.8, 4) is 0 Å². The minimum Gasteiger partial charge on any atom is -0.481 e. The molecule has 2 rings (SSSR count). The topological polar surface area (TPSA) is 85.1 Å². The molecule has 1 aromatic heterocycles. The molecular formula is C11H17N3O3S2. The highest BCUT2D eigenvalue weighted by Gasteiger charge is 2.31. The molecule has 0 aliphatic heterocycles. The van der Waals surface area contributed by atoms with E-state index >= 15 is 0 Å². The van der Waals surface area contributed by atoms with Crippen molar-refractivity contribution in [1.82, 2.24) is 14.8 Å². The molecule has 0 amide bonds. The van der Waals surface area contributed by atoms with Crippen LogP contribution in [0.3, 0.4) is 0 Å². The first-order chi connectivity index (χ1) is 8.99. The van der Waals surface area contributed by atoms with E-state index in [1.54, 1.807) is 6.26 Å². The monoisotopic (exact) mass is 303 g/mol. The molecule has 1 fully saturated rings. The largest absolute Gasteiger partial charge is 0.481 e. The Kier molecular flexibility index (Phi) is 4.62. The van der Waals surface area contributed by atoms with Gasteiger partial charge in [0.05, 0.1) is 5.75 Å². The molecule has 1 heterocycles. The molecular weight excluding hydrogens is 286 g/mol. The highest BCUT2D eigenvalue weighted by molar-refractivity contribution is 7.99. The van der Waals surface area contributed by atoms with Gasteiger partial charge >= 0.3 is 5.97 Å². The third kappa shape index (κ3) is 3.79. The molecule has 1 aromatic rings. The average Bonchev–Trinajstić information content (AvgIpc) is 3.10. The lowest BCUT2D eigenvalue weighted by Crippen LogP contribution is -2.19. The van der Waals surface area contributed by atoms with Gasteiger partial charge in [0.15, 0.2) is 5.16 Å². The Balaban J connectivity index is 2.17.